The largest absolute Gasteiger partial charge is 0.478 e. The Morgan fingerprint density at radius 3 is 2.75 bits per heavy atom. The molecule has 1 heterocycles. The Balaban J connectivity index is 2.14. The minimum absolute atomic E-state index is 0.438. The average Bonchev–Trinajstić information content (AvgIpc) is 2.94. The van der Waals surface area contributed by atoms with Gasteiger partial charge in [0.15, 0.2) is 0 Å². The van der Waals surface area contributed by atoms with Crippen molar-refractivity contribution in [3.05, 3.63) is 58.5 Å². The van der Waals surface area contributed by atoms with Crippen molar-refractivity contribution in [2.45, 2.75) is 12.8 Å². The lowest BCUT2D eigenvalue weighted by Gasteiger charge is -2.21. The van der Waals surface area contributed by atoms with Crippen molar-refractivity contribution < 1.29 is 9.90 Å². The van der Waals surface area contributed by atoms with Crippen molar-refractivity contribution >= 4 is 27.4 Å². The van der Waals surface area contributed by atoms with Gasteiger partial charge in [-0.05, 0) is 52.6 Å². The molecule has 1 aliphatic carbocycles. The predicted molar refractivity (Wildman–Crippen MR) is 81.6 cm³/mol. The molecule has 0 radical (unpaired) electrons. The molecule has 0 amide bonds. The van der Waals surface area contributed by atoms with Crippen LogP contribution in [0.4, 0.5) is 0 Å². The molecule has 2 nitrogen and oxygen atoms in total. The standard InChI is InChI=1S/C17H12O2S/c18-17(19)14-9-11-6-5-10-3-1-2-4-12(10)15(11)13-7-8-20-16(13)14/h1-4,7-9H,5-6H2,(H,18,19). The second-order valence-electron chi connectivity index (χ2n) is 5.08. The van der Waals surface area contributed by atoms with Gasteiger partial charge in [-0.3, -0.25) is 0 Å². The van der Waals surface area contributed by atoms with Crippen molar-refractivity contribution in [2.24, 2.45) is 0 Å². The van der Waals surface area contributed by atoms with Crippen molar-refractivity contribution in [2.75, 3.05) is 0 Å². The molecule has 0 fully saturated rings. The predicted octanol–water partition coefficient (Wildman–Crippen LogP) is 4.37. The smallest absolute Gasteiger partial charge is 0.337 e. The van der Waals surface area contributed by atoms with E-state index in [1.807, 2.05) is 17.5 Å². The van der Waals surface area contributed by atoms with Gasteiger partial charge in [0, 0.05) is 10.1 Å². The van der Waals surface area contributed by atoms with Gasteiger partial charge < -0.3 is 5.11 Å². The SMILES string of the molecule is O=C(O)c1cc2c(c3ccsc13)-c1ccccc1CC2. The number of hydrogen-bond acceptors (Lipinski definition) is 2. The Morgan fingerprint density at radius 1 is 1.10 bits per heavy atom. The molecule has 0 atom stereocenters. The van der Waals surface area contributed by atoms with E-state index in [9.17, 15) is 9.90 Å². The minimum atomic E-state index is -0.834. The maximum absolute atomic E-state index is 11.5. The summed E-state index contributed by atoms with van der Waals surface area (Å²) in [7, 11) is 0. The van der Waals surface area contributed by atoms with E-state index in [1.165, 1.54) is 28.0 Å². The van der Waals surface area contributed by atoms with Crippen LogP contribution in [-0.4, -0.2) is 11.1 Å². The zero-order chi connectivity index (χ0) is 13.7. The highest BCUT2D eigenvalue weighted by molar-refractivity contribution is 7.17. The van der Waals surface area contributed by atoms with Crippen molar-refractivity contribution in [3.8, 4) is 11.1 Å². The van der Waals surface area contributed by atoms with Crippen LogP contribution >= 0.6 is 11.3 Å². The molecular formula is C17H12O2S. The summed E-state index contributed by atoms with van der Waals surface area (Å²) in [6.07, 6.45) is 1.90. The molecule has 98 valence electrons. The summed E-state index contributed by atoms with van der Waals surface area (Å²) in [4.78, 5) is 11.5. The van der Waals surface area contributed by atoms with Gasteiger partial charge in [-0.25, -0.2) is 4.79 Å². The van der Waals surface area contributed by atoms with Crippen molar-refractivity contribution in [1.29, 1.82) is 0 Å². The number of aryl methyl sites for hydroxylation is 2. The molecule has 0 saturated heterocycles. The highest BCUT2D eigenvalue weighted by atomic mass is 32.1. The van der Waals surface area contributed by atoms with Crippen LogP contribution in [0, 0.1) is 0 Å². The summed E-state index contributed by atoms with van der Waals surface area (Å²) in [5.41, 5.74) is 5.44. The monoisotopic (exact) mass is 280 g/mol. The highest BCUT2D eigenvalue weighted by Crippen LogP contribution is 2.41. The van der Waals surface area contributed by atoms with Crippen LogP contribution in [0.25, 0.3) is 21.2 Å². The van der Waals surface area contributed by atoms with Gasteiger partial charge >= 0.3 is 5.97 Å². The Morgan fingerprint density at radius 2 is 1.90 bits per heavy atom. The summed E-state index contributed by atoms with van der Waals surface area (Å²) in [6, 6.07) is 12.4. The molecule has 4 rings (SSSR count). The number of thiophene rings is 1. The number of carbonyl (C=O) groups is 1. The molecule has 0 aliphatic heterocycles. The van der Waals surface area contributed by atoms with Crippen molar-refractivity contribution in [1.82, 2.24) is 0 Å². The van der Waals surface area contributed by atoms with Crippen LogP contribution in [0.1, 0.15) is 21.5 Å². The maximum atomic E-state index is 11.5. The molecule has 2 aromatic carbocycles. The van der Waals surface area contributed by atoms with E-state index < -0.39 is 5.97 Å². The first-order chi connectivity index (χ1) is 9.75. The van der Waals surface area contributed by atoms with E-state index in [-0.39, 0.29) is 0 Å². The lowest BCUT2D eigenvalue weighted by atomic mass is 9.83. The number of carboxylic acids is 1. The third-order valence-corrected chi connectivity index (χ3v) is 4.95. The fraction of sp³-hybridized carbons (Fsp3) is 0.118. The van der Waals surface area contributed by atoms with Crippen molar-refractivity contribution in [3.63, 3.8) is 0 Å². The summed E-state index contributed by atoms with van der Waals surface area (Å²) in [6.45, 7) is 0. The van der Waals surface area contributed by atoms with Crippen LogP contribution in [0.5, 0.6) is 0 Å². The van der Waals surface area contributed by atoms with E-state index in [1.54, 1.807) is 0 Å². The summed E-state index contributed by atoms with van der Waals surface area (Å²) >= 11 is 1.51. The molecule has 1 aromatic heterocycles. The van der Waals surface area contributed by atoms with Crippen LogP contribution in [0.3, 0.4) is 0 Å². The number of benzene rings is 2. The Kier molecular flexibility index (Phi) is 2.44. The van der Waals surface area contributed by atoms with Crippen LogP contribution in [-0.2, 0) is 12.8 Å². The molecule has 3 aromatic rings. The number of carboxylic acid groups (broad SMARTS) is 1. The molecule has 1 N–H and O–H groups in total. The second kappa shape index (κ2) is 4.18. The summed E-state index contributed by atoms with van der Waals surface area (Å²) in [5.74, 6) is -0.834. The average molecular weight is 280 g/mol. The van der Waals surface area contributed by atoms with Crippen LogP contribution < -0.4 is 0 Å². The van der Waals surface area contributed by atoms with E-state index in [0.29, 0.717) is 5.56 Å². The molecule has 3 heteroatoms. The summed E-state index contributed by atoms with van der Waals surface area (Å²) in [5, 5.41) is 12.5. The Hall–Kier alpha value is -2.13. The van der Waals surface area contributed by atoms with Crippen LogP contribution in [0.15, 0.2) is 41.8 Å². The third kappa shape index (κ3) is 1.53. The van der Waals surface area contributed by atoms with Gasteiger partial charge in [0.25, 0.3) is 0 Å². The fourth-order valence-electron chi connectivity index (χ4n) is 3.13. The van der Waals surface area contributed by atoms with Gasteiger partial charge in [-0.2, -0.15) is 0 Å². The van der Waals surface area contributed by atoms with E-state index >= 15 is 0 Å². The number of rotatable bonds is 1. The first-order valence-electron chi connectivity index (χ1n) is 6.60. The first kappa shape index (κ1) is 11.7. The van der Waals surface area contributed by atoms with E-state index in [4.69, 9.17) is 0 Å². The fourth-order valence-corrected chi connectivity index (χ4v) is 4.04. The molecular weight excluding hydrogens is 268 g/mol. The Labute approximate surface area is 120 Å². The molecule has 20 heavy (non-hydrogen) atoms. The quantitative estimate of drug-likeness (QED) is 0.719. The van der Waals surface area contributed by atoms with Gasteiger partial charge in [-0.1, -0.05) is 24.3 Å². The van der Waals surface area contributed by atoms with Crippen LogP contribution in [0.2, 0.25) is 0 Å². The molecule has 0 unspecified atom stereocenters. The molecule has 0 spiro atoms. The minimum Gasteiger partial charge on any atom is -0.478 e. The number of hydrogen-bond donors (Lipinski definition) is 1. The second-order valence-corrected chi connectivity index (χ2v) is 6.00. The van der Waals surface area contributed by atoms with Gasteiger partial charge in [0.2, 0.25) is 0 Å². The van der Waals surface area contributed by atoms with E-state index in [0.717, 1.165) is 28.5 Å². The van der Waals surface area contributed by atoms with Gasteiger partial charge in [-0.15, -0.1) is 11.3 Å². The molecule has 0 saturated carbocycles. The molecule has 1 aliphatic rings. The first-order valence-corrected chi connectivity index (χ1v) is 7.48. The normalized spacial score (nSPS) is 13.0. The van der Waals surface area contributed by atoms with E-state index in [2.05, 4.69) is 24.3 Å². The zero-order valence-corrected chi connectivity index (χ0v) is 11.5. The van der Waals surface area contributed by atoms with Gasteiger partial charge in [0.1, 0.15) is 0 Å². The lowest BCUT2D eigenvalue weighted by molar-refractivity contribution is 0.0699. The maximum Gasteiger partial charge on any atom is 0.337 e. The third-order valence-electron chi connectivity index (χ3n) is 4.00. The molecule has 0 bridgehead atoms. The van der Waals surface area contributed by atoms with Gasteiger partial charge in [0.05, 0.1) is 5.56 Å². The summed E-state index contributed by atoms with van der Waals surface area (Å²) < 4.78 is 0.882. The Bertz CT molecular complexity index is 845. The lowest BCUT2D eigenvalue weighted by Crippen LogP contribution is -2.07. The zero-order valence-electron chi connectivity index (χ0n) is 10.7. The number of aromatic carboxylic acids is 1. The topological polar surface area (TPSA) is 37.3 Å². The number of fused-ring (bicyclic) bond motifs is 5. The highest BCUT2D eigenvalue weighted by Gasteiger charge is 2.22.